The van der Waals surface area contributed by atoms with Gasteiger partial charge in [0, 0.05) is 56.9 Å². The number of likely N-dealkylation sites (tertiary alicyclic amines) is 1. The molecule has 3 fully saturated rings. The molecule has 4 aliphatic rings. The van der Waals surface area contributed by atoms with Crippen LogP contribution in [0.25, 0.3) is 5.52 Å². The van der Waals surface area contributed by atoms with Crippen molar-refractivity contribution in [3.63, 3.8) is 0 Å². The molecular formula is C27H31FN8O2. The first-order valence-electron chi connectivity index (χ1n) is 13.1. The third-order valence-electron chi connectivity index (χ3n) is 8.15. The number of morpholine rings is 1. The third-order valence-corrected chi connectivity index (χ3v) is 8.15. The lowest BCUT2D eigenvalue weighted by molar-refractivity contribution is -0.157. The van der Waals surface area contributed by atoms with Gasteiger partial charge in [0.05, 0.1) is 48.3 Å². The highest BCUT2D eigenvalue weighted by Gasteiger charge is 2.52. The van der Waals surface area contributed by atoms with Crippen LogP contribution < -0.4 is 15.5 Å². The van der Waals surface area contributed by atoms with Crippen molar-refractivity contribution in [3.05, 3.63) is 53.4 Å². The maximum absolute atomic E-state index is 14.7. The summed E-state index contributed by atoms with van der Waals surface area (Å²) < 4.78 is 28.6. The summed E-state index contributed by atoms with van der Waals surface area (Å²) in [5, 5.41) is 13.5. The predicted octanol–water partition coefficient (Wildman–Crippen LogP) is 1.61. The molecule has 7 heterocycles. The number of anilines is 2. The summed E-state index contributed by atoms with van der Waals surface area (Å²) in [6.45, 7) is 9.90. The summed E-state index contributed by atoms with van der Waals surface area (Å²) in [6, 6.07) is 7.78. The molecular weight excluding hydrogens is 487 g/mol. The maximum atomic E-state index is 14.7. The van der Waals surface area contributed by atoms with Crippen LogP contribution in [-0.2, 0) is 21.7 Å². The summed E-state index contributed by atoms with van der Waals surface area (Å²) in [4.78, 5) is 11.6. The number of pyridine rings is 2. The van der Waals surface area contributed by atoms with E-state index < -0.39 is 5.82 Å². The summed E-state index contributed by atoms with van der Waals surface area (Å²) in [7, 11) is 0. The SMILES string of the molecule is C[C@@H]1CN(c2ccc(C#N)n3ncc(F)c23)C[C@H](CN2CC3(C2)OCc2cc(N4CC(C)(N)C4)cnc23)O1. The molecule has 0 bridgehead atoms. The van der Waals surface area contributed by atoms with Crippen LogP contribution in [0.5, 0.6) is 0 Å². The minimum absolute atomic E-state index is 0.0221. The molecule has 10 nitrogen and oxygen atoms in total. The van der Waals surface area contributed by atoms with Gasteiger partial charge in [-0.15, -0.1) is 0 Å². The maximum Gasteiger partial charge on any atom is 0.171 e. The molecule has 2 atom stereocenters. The fraction of sp³-hybridized carbons (Fsp3) is 0.519. The second-order valence-corrected chi connectivity index (χ2v) is 11.6. The van der Waals surface area contributed by atoms with Crippen molar-refractivity contribution in [2.45, 2.75) is 43.8 Å². The van der Waals surface area contributed by atoms with Crippen molar-refractivity contribution in [1.82, 2.24) is 19.5 Å². The molecule has 7 rings (SSSR count). The molecule has 0 aromatic carbocycles. The van der Waals surface area contributed by atoms with E-state index in [-0.39, 0.29) is 23.3 Å². The van der Waals surface area contributed by atoms with E-state index in [1.807, 2.05) is 19.2 Å². The summed E-state index contributed by atoms with van der Waals surface area (Å²) >= 11 is 0. The quantitative estimate of drug-likeness (QED) is 0.551. The minimum Gasteiger partial charge on any atom is -0.370 e. The highest BCUT2D eigenvalue weighted by Crippen LogP contribution is 2.44. The molecule has 2 N–H and O–H groups in total. The van der Waals surface area contributed by atoms with E-state index in [0.29, 0.717) is 30.9 Å². The first-order valence-corrected chi connectivity index (χ1v) is 13.1. The summed E-state index contributed by atoms with van der Waals surface area (Å²) in [5.74, 6) is -0.434. The standard InChI is InChI=1S/C27H31FN8O2/c1-17-9-34(23-4-3-19(6-29)36-24(23)22(28)8-32-36)11-21(38-17)10-33-15-27(16-33)25-18(12-37-27)5-20(7-31-25)35-13-26(2,30)14-35/h3-5,7-8,17,21H,9-16,30H2,1-2H3/t17-,21+/m1/s1. The highest BCUT2D eigenvalue weighted by atomic mass is 19.1. The van der Waals surface area contributed by atoms with Gasteiger partial charge in [-0.2, -0.15) is 10.4 Å². The largest absolute Gasteiger partial charge is 0.370 e. The average Bonchev–Trinajstić information content (AvgIpc) is 3.42. The van der Waals surface area contributed by atoms with Gasteiger partial charge in [0.15, 0.2) is 5.82 Å². The lowest BCUT2D eigenvalue weighted by Gasteiger charge is -2.49. The molecule has 38 heavy (non-hydrogen) atoms. The lowest BCUT2D eigenvalue weighted by Crippen LogP contribution is -2.65. The Morgan fingerprint density at radius 1 is 1.18 bits per heavy atom. The van der Waals surface area contributed by atoms with E-state index in [0.717, 1.165) is 61.6 Å². The van der Waals surface area contributed by atoms with Crippen molar-refractivity contribution in [3.8, 4) is 6.07 Å². The van der Waals surface area contributed by atoms with E-state index in [1.54, 1.807) is 6.07 Å². The molecule has 1 spiro atoms. The van der Waals surface area contributed by atoms with Crippen LogP contribution in [0, 0.1) is 17.1 Å². The van der Waals surface area contributed by atoms with E-state index >= 15 is 0 Å². The van der Waals surface area contributed by atoms with Crippen LogP contribution in [0.1, 0.15) is 30.8 Å². The molecule has 0 aliphatic carbocycles. The highest BCUT2D eigenvalue weighted by molar-refractivity contribution is 5.74. The fourth-order valence-electron chi connectivity index (χ4n) is 6.55. The molecule has 0 unspecified atom stereocenters. The zero-order valence-corrected chi connectivity index (χ0v) is 21.6. The van der Waals surface area contributed by atoms with Crippen molar-refractivity contribution < 1.29 is 13.9 Å². The predicted molar refractivity (Wildman–Crippen MR) is 138 cm³/mol. The Balaban J connectivity index is 1.03. The van der Waals surface area contributed by atoms with Crippen molar-refractivity contribution in [2.75, 3.05) is 55.6 Å². The minimum atomic E-state index is -0.434. The Labute approximate surface area is 220 Å². The number of halogens is 1. The number of nitrogens with two attached hydrogens (primary N) is 1. The third kappa shape index (κ3) is 3.74. The number of aromatic nitrogens is 3. The molecule has 3 saturated heterocycles. The van der Waals surface area contributed by atoms with E-state index in [2.05, 4.69) is 38.9 Å². The van der Waals surface area contributed by atoms with Gasteiger partial charge in [0.2, 0.25) is 0 Å². The van der Waals surface area contributed by atoms with Crippen LogP contribution in [0.3, 0.4) is 0 Å². The number of ether oxygens (including phenoxy) is 2. The van der Waals surface area contributed by atoms with Crippen molar-refractivity contribution in [2.24, 2.45) is 5.73 Å². The van der Waals surface area contributed by atoms with Gasteiger partial charge in [-0.3, -0.25) is 9.88 Å². The zero-order chi connectivity index (χ0) is 26.2. The molecule has 0 radical (unpaired) electrons. The Bertz CT molecular complexity index is 1450. The number of hydrogen-bond acceptors (Lipinski definition) is 9. The number of fused-ring (bicyclic) bond motifs is 3. The van der Waals surface area contributed by atoms with Gasteiger partial charge in [-0.05, 0) is 32.0 Å². The van der Waals surface area contributed by atoms with E-state index in [9.17, 15) is 9.65 Å². The summed E-state index contributed by atoms with van der Waals surface area (Å²) in [5.41, 5.74) is 10.4. The number of nitriles is 1. The first kappa shape index (κ1) is 23.8. The fourth-order valence-corrected chi connectivity index (χ4v) is 6.55. The van der Waals surface area contributed by atoms with Gasteiger partial charge in [0.25, 0.3) is 0 Å². The molecule has 198 valence electrons. The smallest absolute Gasteiger partial charge is 0.171 e. The van der Waals surface area contributed by atoms with Gasteiger partial charge >= 0.3 is 0 Å². The lowest BCUT2D eigenvalue weighted by atomic mass is 9.88. The topological polar surface area (TPSA) is 108 Å². The number of rotatable bonds is 4. The summed E-state index contributed by atoms with van der Waals surface area (Å²) in [6.07, 6.45) is 3.04. The van der Waals surface area contributed by atoms with Gasteiger partial charge < -0.3 is 25.0 Å². The Morgan fingerprint density at radius 3 is 2.76 bits per heavy atom. The van der Waals surface area contributed by atoms with E-state index in [1.165, 1.54) is 4.52 Å². The van der Waals surface area contributed by atoms with Gasteiger partial charge in [0.1, 0.15) is 22.9 Å². The number of nitrogens with zero attached hydrogens (tertiary/aromatic N) is 7. The van der Waals surface area contributed by atoms with Crippen LogP contribution in [0.2, 0.25) is 0 Å². The van der Waals surface area contributed by atoms with Crippen LogP contribution >= 0.6 is 0 Å². The molecule has 0 saturated carbocycles. The molecule has 0 amide bonds. The normalized spacial score (nSPS) is 25.8. The molecule has 3 aromatic rings. The number of hydrogen-bond donors (Lipinski definition) is 1. The molecule has 11 heteroatoms. The zero-order valence-electron chi connectivity index (χ0n) is 21.6. The average molecular weight is 519 g/mol. The van der Waals surface area contributed by atoms with Crippen LogP contribution in [-0.4, -0.2) is 83.1 Å². The van der Waals surface area contributed by atoms with Crippen LogP contribution in [0.15, 0.2) is 30.6 Å². The monoisotopic (exact) mass is 518 g/mol. The Kier molecular flexibility index (Phi) is 5.23. The Hall–Kier alpha value is -3.30. The Morgan fingerprint density at radius 2 is 2.00 bits per heavy atom. The second-order valence-electron chi connectivity index (χ2n) is 11.6. The van der Waals surface area contributed by atoms with Gasteiger partial charge in [-0.25, -0.2) is 8.91 Å². The second kappa shape index (κ2) is 8.35. The van der Waals surface area contributed by atoms with Crippen LogP contribution in [0.4, 0.5) is 15.8 Å². The van der Waals surface area contributed by atoms with Crippen molar-refractivity contribution in [1.29, 1.82) is 5.26 Å². The molecule has 3 aromatic heterocycles. The van der Waals surface area contributed by atoms with Crippen molar-refractivity contribution >= 4 is 16.9 Å². The molecule has 4 aliphatic heterocycles. The first-order chi connectivity index (χ1) is 18.2. The van der Waals surface area contributed by atoms with E-state index in [4.69, 9.17) is 20.2 Å². The van der Waals surface area contributed by atoms with Gasteiger partial charge in [-0.1, -0.05) is 0 Å².